The number of hydrogen-bond acceptors (Lipinski definition) is 15. The van der Waals surface area contributed by atoms with E-state index in [1.807, 2.05) is 0 Å². The first-order valence-corrected chi connectivity index (χ1v) is 42.5. The van der Waals surface area contributed by atoms with Crippen molar-refractivity contribution in [3.8, 4) is 0 Å². The molecule has 3 unspecified atom stereocenters. The first kappa shape index (κ1) is 93.1. The zero-order valence-electron chi connectivity index (χ0n) is 62.0. The fourth-order valence-electron chi connectivity index (χ4n) is 11.6. The molecule has 0 aromatic rings. The van der Waals surface area contributed by atoms with Crippen molar-refractivity contribution < 1.29 is 80.2 Å². The molecule has 0 bridgehead atoms. The van der Waals surface area contributed by atoms with Gasteiger partial charge in [-0.1, -0.05) is 343 Å². The predicted molar refractivity (Wildman–Crippen MR) is 386 cm³/mol. The van der Waals surface area contributed by atoms with Crippen molar-refractivity contribution in [3.05, 3.63) is 0 Å². The molecule has 0 aliphatic heterocycles. The van der Waals surface area contributed by atoms with Crippen molar-refractivity contribution >= 4 is 39.5 Å². The van der Waals surface area contributed by atoms with Crippen LogP contribution in [-0.4, -0.2) is 96.7 Å². The summed E-state index contributed by atoms with van der Waals surface area (Å²) in [5.74, 6) is -0.509. The Balaban J connectivity index is 5.25. The summed E-state index contributed by atoms with van der Waals surface area (Å²) in [5, 5.41) is 10.6. The lowest BCUT2D eigenvalue weighted by atomic mass is 9.99. The van der Waals surface area contributed by atoms with E-state index in [-0.39, 0.29) is 25.7 Å². The van der Waals surface area contributed by atoms with Gasteiger partial charge in [-0.05, 0) is 37.5 Å². The van der Waals surface area contributed by atoms with E-state index in [4.69, 9.17) is 37.0 Å². The number of unbranched alkanes of at least 4 members (excludes halogenated alkanes) is 44. The van der Waals surface area contributed by atoms with E-state index >= 15 is 0 Å². The van der Waals surface area contributed by atoms with Crippen LogP contribution in [0.1, 0.15) is 395 Å². The molecule has 0 amide bonds. The molecule has 0 aliphatic rings. The molecule has 564 valence electrons. The Morgan fingerprint density at radius 3 is 0.800 bits per heavy atom. The lowest BCUT2D eigenvalue weighted by molar-refractivity contribution is -0.161. The third kappa shape index (κ3) is 69.0. The number of carbonyl (C=O) groups is 4. The summed E-state index contributed by atoms with van der Waals surface area (Å²) in [6.07, 6.45) is 55.2. The molecule has 95 heavy (non-hydrogen) atoms. The van der Waals surface area contributed by atoms with Gasteiger partial charge < -0.3 is 33.8 Å². The Morgan fingerprint density at radius 1 is 0.305 bits per heavy atom. The fraction of sp³-hybridized carbons (Fsp3) is 0.947. The maximum atomic E-state index is 13.1. The SMILES string of the molecule is CCCCCCCCCCCCCCCC(=O)O[C@H](COC(=O)CCCCCCCCCCCCC)COP(=O)(O)OC[C@H](O)COP(=O)(O)OC[C@@H](COC(=O)CCCCCCCCCCCCC(C)C)OC(=O)CCCCCCCCCCCCCCCCC(C)CC. The summed E-state index contributed by atoms with van der Waals surface area (Å²) in [4.78, 5) is 72.8. The van der Waals surface area contributed by atoms with E-state index in [0.717, 1.165) is 102 Å². The minimum atomic E-state index is -4.96. The number of hydrogen-bond donors (Lipinski definition) is 3. The molecule has 0 spiro atoms. The van der Waals surface area contributed by atoms with Crippen LogP contribution in [0.5, 0.6) is 0 Å². The highest BCUT2D eigenvalue weighted by Crippen LogP contribution is 2.45. The number of phosphoric ester groups is 2. The molecule has 0 aromatic carbocycles. The molecule has 0 aliphatic carbocycles. The third-order valence-corrected chi connectivity index (χ3v) is 20.0. The highest BCUT2D eigenvalue weighted by atomic mass is 31.2. The average Bonchev–Trinajstić information content (AvgIpc) is 2.62. The van der Waals surface area contributed by atoms with Gasteiger partial charge in [-0.15, -0.1) is 0 Å². The van der Waals surface area contributed by atoms with Gasteiger partial charge in [0, 0.05) is 25.7 Å². The second kappa shape index (κ2) is 67.9. The molecule has 0 aromatic heterocycles. The maximum absolute atomic E-state index is 13.1. The van der Waals surface area contributed by atoms with E-state index in [9.17, 15) is 43.2 Å². The summed E-state index contributed by atoms with van der Waals surface area (Å²) < 4.78 is 68.5. The molecule has 19 heteroatoms. The Hall–Kier alpha value is -1.94. The van der Waals surface area contributed by atoms with Crippen LogP contribution in [0.15, 0.2) is 0 Å². The average molecular weight is 1400 g/mol. The summed E-state index contributed by atoms with van der Waals surface area (Å²) in [6.45, 7) is 9.65. The van der Waals surface area contributed by atoms with Crippen LogP contribution in [0.2, 0.25) is 0 Å². The normalized spacial score (nSPS) is 14.3. The quantitative estimate of drug-likeness (QED) is 0.0222. The van der Waals surface area contributed by atoms with Crippen LogP contribution in [0.3, 0.4) is 0 Å². The first-order chi connectivity index (χ1) is 45.9. The number of rotatable bonds is 75. The lowest BCUT2D eigenvalue weighted by Crippen LogP contribution is -2.30. The topological polar surface area (TPSA) is 237 Å². The Labute approximate surface area is 581 Å². The zero-order chi connectivity index (χ0) is 70.0. The van der Waals surface area contributed by atoms with Gasteiger partial charge in [0.05, 0.1) is 26.4 Å². The Bertz CT molecular complexity index is 1840. The molecular formula is C76H148O17P2. The molecular weight excluding hydrogens is 1250 g/mol. The molecule has 17 nitrogen and oxygen atoms in total. The van der Waals surface area contributed by atoms with Gasteiger partial charge in [-0.3, -0.25) is 37.3 Å². The van der Waals surface area contributed by atoms with Gasteiger partial charge in [0.2, 0.25) is 0 Å². The largest absolute Gasteiger partial charge is 0.472 e. The molecule has 6 atom stereocenters. The number of aliphatic hydroxyl groups is 1. The maximum Gasteiger partial charge on any atom is 0.472 e. The van der Waals surface area contributed by atoms with E-state index in [1.54, 1.807) is 0 Å². The van der Waals surface area contributed by atoms with Gasteiger partial charge in [-0.25, -0.2) is 9.13 Å². The van der Waals surface area contributed by atoms with Gasteiger partial charge in [-0.2, -0.15) is 0 Å². The smallest absolute Gasteiger partial charge is 0.462 e. The molecule has 0 rings (SSSR count). The fourth-order valence-corrected chi connectivity index (χ4v) is 13.2. The van der Waals surface area contributed by atoms with E-state index in [0.29, 0.717) is 25.7 Å². The minimum absolute atomic E-state index is 0.108. The number of aliphatic hydroxyl groups excluding tert-OH is 1. The third-order valence-electron chi connectivity index (χ3n) is 18.1. The van der Waals surface area contributed by atoms with Crippen LogP contribution >= 0.6 is 15.6 Å². The van der Waals surface area contributed by atoms with Crippen LogP contribution < -0.4 is 0 Å². The monoisotopic (exact) mass is 1400 g/mol. The van der Waals surface area contributed by atoms with Gasteiger partial charge in [0.15, 0.2) is 12.2 Å². The number of esters is 4. The van der Waals surface area contributed by atoms with E-state index in [2.05, 4.69) is 41.5 Å². The summed E-state index contributed by atoms with van der Waals surface area (Å²) in [5.41, 5.74) is 0. The molecule has 0 saturated carbocycles. The van der Waals surface area contributed by atoms with Gasteiger partial charge in [0.25, 0.3) is 0 Å². The molecule has 0 heterocycles. The van der Waals surface area contributed by atoms with Crippen molar-refractivity contribution in [3.63, 3.8) is 0 Å². The second-order valence-electron chi connectivity index (χ2n) is 28.1. The molecule has 0 saturated heterocycles. The van der Waals surface area contributed by atoms with Crippen molar-refractivity contribution in [2.45, 2.75) is 413 Å². The van der Waals surface area contributed by atoms with Gasteiger partial charge >= 0.3 is 39.5 Å². The number of carbonyl (C=O) groups excluding carboxylic acids is 4. The summed E-state index contributed by atoms with van der Waals surface area (Å²) in [7, 11) is -9.91. The van der Waals surface area contributed by atoms with Crippen LogP contribution in [-0.2, 0) is 65.4 Å². The van der Waals surface area contributed by atoms with Crippen LogP contribution in [0.25, 0.3) is 0 Å². The zero-order valence-corrected chi connectivity index (χ0v) is 63.8. The summed E-state index contributed by atoms with van der Waals surface area (Å²) >= 11 is 0. The highest BCUT2D eigenvalue weighted by molar-refractivity contribution is 7.47. The second-order valence-corrected chi connectivity index (χ2v) is 31.0. The predicted octanol–water partition coefficient (Wildman–Crippen LogP) is 22.3. The Kier molecular flexibility index (Phi) is 66.5. The van der Waals surface area contributed by atoms with Gasteiger partial charge in [0.1, 0.15) is 19.3 Å². The molecule has 3 N–H and O–H groups in total. The standard InChI is InChI=1S/C76H148O17P2/c1-7-10-12-14-16-18-20-23-28-36-42-48-54-60-75(80)92-71(64-86-73(78)58-52-46-40-34-26-19-17-15-13-11-8-2)66-90-94(82,83)88-62-70(77)63-89-95(84,85)91-67-72(65-87-74(79)59-53-47-41-35-31-30-32-38-44-50-56-68(4)5)93-76(81)61-55-49-43-37-29-25-22-21-24-27-33-39-45-51-57-69(6)9-3/h68-72,77H,7-67H2,1-6H3,(H,82,83)(H,84,85)/t69?,70-,71+,72+/m0/s1. The summed E-state index contributed by atoms with van der Waals surface area (Å²) in [6, 6.07) is 0. The molecule has 0 fully saturated rings. The van der Waals surface area contributed by atoms with E-state index in [1.165, 1.54) is 212 Å². The van der Waals surface area contributed by atoms with Crippen molar-refractivity contribution in [2.75, 3.05) is 39.6 Å². The van der Waals surface area contributed by atoms with Crippen molar-refractivity contribution in [1.82, 2.24) is 0 Å². The number of phosphoric acid groups is 2. The van der Waals surface area contributed by atoms with Crippen LogP contribution in [0.4, 0.5) is 0 Å². The minimum Gasteiger partial charge on any atom is -0.462 e. The Morgan fingerprint density at radius 2 is 0.537 bits per heavy atom. The number of ether oxygens (including phenoxy) is 4. The van der Waals surface area contributed by atoms with Crippen molar-refractivity contribution in [1.29, 1.82) is 0 Å². The molecule has 0 radical (unpaired) electrons. The first-order valence-electron chi connectivity index (χ1n) is 39.5. The highest BCUT2D eigenvalue weighted by Gasteiger charge is 2.30. The van der Waals surface area contributed by atoms with Crippen molar-refractivity contribution in [2.24, 2.45) is 11.8 Å². The van der Waals surface area contributed by atoms with E-state index < -0.39 is 97.5 Å². The lowest BCUT2D eigenvalue weighted by Gasteiger charge is -2.21. The van der Waals surface area contributed by atoms with Crippen LogP contribution in [0, 0.1) is 11.8 Å².